The Kier molecular flexibility index (Phi) is 6.69. The van der Waals surface area contributed by atoms with Gasteiger partial charge in [-0.2, -0.15) is 5.10 Å². The summed E-state index contributed by atoms with van der Waals surface area (Å²) >= 11 is 0. The zero-order valence-electron chi connectivity index (χ0n) is 18.8. The minimum atomic E-state index is -0.286. The lowest BCUT2D eigenvalue weighted by Crippen LogP contribution is -2.38. The zero-order chi connectivity index (χ0) is 22.5. The van der Waals surface area contributed by atoms with Crippen LogP contribution in [-0.2, 0) is 18.3 Å². The van der Waals surface area contributed by atoms with E-state index in [0.29, 0.717) is 38.3 Å². The second-order valence-electron chi connectivity index (χ2n) is 8.34. The summed E-state index contributed by atoms with van der Waals surface area (Å²) in [6.45, 7) is 4.30. The van der Waals surface area contributed by atoms with E-state index >= 15 is 0 Å². The molecule has 0 radical (unpaired) electrons. The van der Waals surface area contributed by atoms with Crippen molar-refractivity contribution in [3.63, 3.8) is 0 Å². The molecule has 0 bridgehead atoms. The fourth-order valence-electron chi connectivity index (χ4n) is 4.48. The van der Waals surface area contributed by atoms with E-state index in [0.717, 1.165) is 23.1 Å². The quantitative estimate of drug-likeness (QED) is 0.600. The van der Waals surface area contributed by atoms with Crippen molar-refractivity contribution < 1.29 is 9.59 Å². The molecule has 2 heterocycles. The highest BCUT2D eigenvalue weighted by Crippen LogP contribution is 2.27. The number of carbonyl (C=O) groups is 2. The summed E-state index contributed by atoms with van der Waals surface area (Å²) in [5.74, 6) is -0.224. The Morgan fingerprint density at radius 3 is 2.50 bits per heavy atom. The third kappa shape index (κ3) is 4.59. The summed E-state index contributed by atoms with van der Waals surface area (Å²) < 4.78 is 1.60. The molecule has 1 saturated heterocycles. The molecule has 0 saturated carbocycles. The maximum atomic E-state index is 13.5. The van der Waals surface area contributed by atoms with Gasteiger partial charge >= 0.3 is 0 Å². The average Bonchev–Trinajstić information content (AvgIpc) is 3.19. The minimum Gasteiger partial charge on any atom is -0.341 e. The number of hydrogen-bond donors (Lipinski definition) is 0. The van der Waals surface area contributed by atoms with Crippen molar-refractivity contribution in [2.75, 3.05) is 26.2 Å². The molecule has 0 N–H and O–H groups in total. The van der Waals surface area contributed by atoms with E-state index in [1.807, 2.05) is 40.1 Å². The van der Waals surface area contributed by atoms with E-state index in [1.165, 1.54) is 0 Å². The summed E-state index contributed by atoms with van der Waals surface area (Å²) in [6.07, 6.45) is 3.13. The van der Waals surface area contributed by atoms with Gasteiger partial charge in [-0.1, -0.05) is 61.5 Å². The SMILES string of the molecule is CCCN1CCN(C(=O)c2ccnn2C)C[C@H](Cc2ccccc2-c2ccccc2)C1=O. The Morgan fingerprint density at radius 1 is 1.03 bits per heavy atom. The molecule has 1 aliphatic heterocycles. The van der Waals surface area contributed by atoms with Crippen LogP contribution in [0, 0.1) is 5.92 Å². The molecule has 1 aliphatic rings. The van der Waals surface area contributed by atoms with Crippen LogP contribution in [0.15, 0.2) is 66.9 Å². The first kappa shape index (κ1) is 21.8. The van der Waals surface area contributed by atoms with Crippen molar-refractivity contribution in [3.05, 3.63) is 78.1 Å². The lowest BCUT2D eigenvalue weighted by atomic mass is 9.91. The molecule has 4 rings (SSSR count). The largest absolute Gasteiger partial charge is 0.341 e. The Balaban J connectivity index is 1.64. The molecule has 32 heavy (non-hydrogen) atoms. The van der Waals surface area contributed by atoms with Gasteiger partial charge in [0.2, 0.25) is 5.91 Å². The van der Waals surface area contributed by atoms with Crippen molar-refractivity contribution in [2.45, 2.75) is 19.8 Å². The Labute approximate surface area is 189 Å². The number of rotatable bonds is 6. The third-order valence-corrected chi connectivity index (χ3v) is 6.13. The summed E-state index contributed by atoms with van der Waals surface area (Å²) in [5.41, 5.74) is 3.95. The van der Waals surface area contributed by atoms with Gasteiger partial charge in [-0.3, -0.25) is 14.3 Å². The molecular weight excluding hydrogens is 400 g/mol. The molecule has 0 unspecified atom stereocenters. The van der Waals surface area contributed by atoms with Crippen LogP contribution in [0.1, 0.15) is 29.4 Å². The summed E-state index contributed by atoms with van der Waals surface area (Å²) in [4.78, 5) is 30.4. The van der Waals surface area contributed by atoms with E-state index in [9.17, 15) is 9.59 Å². The molecular formula is C26H30N4O2. The second kappa shape index (κ2) is 9.81. The zero-order valence-corrected chi connectivity index (χ0v) is 18.8. The van der Waals surface area contributed by atoms with Crippen LogP contribution in [0.2, 0.25) is 0 Å². The van der Waals surface area contributed by atoms with Gasteiger partial charge in [0, 0.05) is 39.4 Å². The van der Waals surface area contributed by atoms with Gasteiger partial charge in [0.1, 0.15) is 5.69 Å². The van der Waals surface area contributed by atoms with E-state index in [4.69, 9.17) is 0 Å². The molecule has 3 aromatic rings. The summed E-state index contributed by atoms with van der Waals surface area (Å²) in [5, 5.41) is 4.14. The number of aromatic nitrogens is 2. The minimum absolute atomic E-state index is 0.0718. The number of benzene rings is 2. The molecule has 1 aromatic heterocycles. The van der Waals surface area contributed by atoms with Crippen LogP contribution in [0.3, 0.4) is 0 Å². The highest BCUT2D eigenvalue weighted by Gasteiger charge is 2.33. The molecule has 0 aliphatic carbocycles. The van der Waals surface area contributed by atoms with Crippen LogP contribution in [0.5, 0.6) is 0 Å². The van der Waals surface area contributed by atoms with E-state index < -0.39 is 0 Å². The van der Waals surface area contributed by atoms with Crippen LogP contribution in [-0.4, -0.2) is 57.6 Å². The van der Waals surface area contributed by atoms with E-state index in [1.54, 1.807) is 24.0 Å². The van der Waals surface area contributed by atoms with Crippen LogP contribution in [0.4, 0.5) is 0 Å². The first-order valence-corrected chi connectivity index (χ1v) is 11.3. The van der Waals surface area contributed by atoms with Gasteiger partial charge in [0.15, 0.2) is 0 Å². The van der Waals surface area contributed by atoms with Crippen LogP contribution in [0.25, 0.3) is 11.1 Å². The van der Waals surface area contributed by atoms with Crippen molar-refractivity contribution >= 4 is 11.8 Å². The Hall–Kier alpha value is -3.41. The standard InChI is InChI=1S/C26H30N4O2/c1-3-15-29-16-17-30(26(32)24-13-14-27-28(24)2)19-22(25(29)31)18-21-11-7-8-12-23(21)20-9-5-4-6-10-20/h4-14,22H,3,15-19H2,1-2H3/t22-/m0/s1. The topological polar surface area (TPSA) is 58.4 Å². The number of amides is 2. The molecule has 6 nitrogen and oxygen atoms in total. The van der Waals surface area contributed by atoms with E-state index in [-0.39, 0.29) is 17.7 Å². The normalized spacial score (nSPS) is 16.8. The fourth-order valence-corrected chi connectivity index (χ4v) is 4.48. The van der Waals surface area contributed by atoms with Gasteiger partial charge < -0.3 is 9.80 Å². The van der Waals surface area contributed by atoms with Crippen LogP contribution < -0.4 is 0 Å². The van der Waals surface area contributed by atoms with Crippen LogP contribution >= 0.6 is 0 Å². The molecule has 1 atom stereocenters. The molecule has 1 fully saturated rings. The molecule has 6 heteroatoms. The second-order valence-corrected chi connectivity index (χ2v) is 8.34. The predicted molar refractivity (Wildman–Crippen MR) is 125 cm³/mol. The third-order valence-electron chi connectivity index (χ3n) is 6.13. The summed E-state index contributed by atoms with van der Waals surface area (Å²) in [7, 11) is 1.77. The molecule has 2 amide bonds. The number of carbonyl (C=O) groups excluding carboxylic acids is 2. The van der Waals surface area contributed by atoms with Crippen molar-refractivity contribution in [3.8, 4) is 11.1 Å². The van der Waals surface area contributed by atoms with Crippen molar-refractivity contribution in [2.24, 2.45) is 13.0 Å². The predicted octanol–water partition coefficient (Wildman–Crippen LogP) is 3.64. The van der Waals surface area contributed by atoms with Gasteiger partial charge in [-0.05, 0) is 35.6 Å². The monoisotopic (exact) mass is 430 g/mol. The highest BCUT2D eigenvalue weighted by molar-refractivity contribution is 5.93. The Bertz CT molecular complexity index is 1080. The van der Waals surface area contributed by atoms with Crippen molar-refractivity contribution in [1.82, 2.24) is 19.6 Å². The summed E-state index contributed by atoms with van der Waals surface area (Å²) in [6, 6.07) is 20.2. The maximum Gasteiger partial charge on any atom is 0.272 e. The lowest BCUT2D eigenvalue weighted by molar-refractivity contribution is -0.134. The first-order valence-electron chi connectivity index (χ1n) is 11.3. The average molecular weight is 431 g/mol. The van der Waals surface area contributed by atoms with Gasteiger partial charge in [0.25, 0.3) is 5.91 Å². The molecule has 166 valence electrons. The maximum absolute atomic E-state index is 13.5. The highest BCUT2D eigenvalue weighted by atomic mass is 16.2. The van der Waals surface area contributed by atoms with Gasteiger partial charge in [-0.25, -0.2) is 0 Å². The smallest absolute Gasteiger partial charge is 0.272 e. The van der Waals surface area contributed by atoms with E-state index in [2.05, 4.69) is 36.3 Å². The lowest BCUT2D eigenvalue weighted by Gasteiger charge is -2.24. The van der Waals surface area contributed by atoms with Gasteiger partial charge in [-0.15, -0.1) is 0 Å². The Morgan fingerprint density at radius 2 is 1.78 bits per heavy atom. The van der Waals surface area contributed by atoms with Crippen molar-refractivity contribution in [1.29, 1.82) is 0 Å². The van der Waals surface area contributed by atoms with Gasteiger partial charge in [0.05, 0.1) is 5.92 Å². The molecule has 2 aromatic carbocycles. The fraction of sp³-hybridized carbons (Fsp3) is 0.346. The first-order chi connectivity index (χ1) is 15.6. The number of aryl methyl sites for hydroxylation is 1. The molecule has 0 spiro atoms. The number of nitrogens with zero attached hydrogens (tertiary/aromatic N) is 4. The number of hydrogen-bond acceptors (Lipinski definition) is 3.